The molecule has 0 atom stereocenters. The van der Waals surface area contributed by atoms with Crippen molar-refractivity contribution in [2.75, 3.05) is 7.11 Å². The van der Waals surface area contributed by atoms with Gasteiger partial charge in [0.05, 0.1) is 23.7 Å². The maximum atomic E-state index is 13.4. The zero-order valence-corrected chi connectivity index (χ0v) is 15.6. The number of ether oxygens (including phenoxy) is 1. The molecule has 0 bridgehead atoms. The third-order valence-electron chi connectivity index (χ3n) is 5.65. The van der Waals surface area contributed by atoms with Gasteiger partial charge < -0.3 is 9.57 Å². The molecule has 2 aromatic rings. The van der Waals surface area contributed by atoms with Crippen molar-refractivity contribution in [1.29, 1.82) is 0 Å². The van der Waals surface area contributed by atoms with Crippen molar-refractivity contribution in [2.24, 2.45) is 0 Å². The van der Waals surface area contributed by atoms with E-state index < -0.39 is 23.2 Å². The van der Waals surface area contributed by atoms with Gasteiger partial charge in [0.1, 0.15) is 5.75 Å². The zero-order valence-electron chi connectivity index (χ0n) is 15.6. The first-order chi connectivity index (χ1) is 13.6. The van der Waals surface area contributed by atoms with Crippen LogP contribution in [0.1, 0.15) is 58.4 Å². The molecule has 0 aromatic heterocycles. The normalized spacial score (nSPS) is 18.0. The lowest BCUT2D eigenvalue weighted by Crippen LogP contribution is -2.44. The van der Waals surface area contributed by atoms with Crippen molar-refractivity contribution >= 4 is 17.8 Å². The Hall–Kier alpha value is -3.15. The summed E-state index contributed by atoms with van der Waals surface area (Å²) < 4.78 is 5.48. The fraction of sp³-hybridized carbons (Fsp3) is 0.318. The molecule has 6 heteroatoms. The number of rotatable bonds is 4. The lowest BCUT2D eigenvalue weighted by molar-refractivity contribution is -0.177. The first kappa shape index (κ1) is 18.2. The van der Waals surface area contributed by atoms with Gasteiger partial charge in [-0.05, 0) is 31.0 Å². The lowest BCUT2D eigenvalue weighted by Gasteiger charge is -2.36. The van der Waals surface area contributed by atoms with E-state index in [0.717, 1.165) is 24.8 Å². The lowest BCUT2D eigenvalue weighted by atomic mass is 9.69. The van der Waals surface area contributed by atoms with Crippen LogP contribution < -0.4 is 4.74 Å². The topological polar surface area (TPSA) is 72.9 Å². The Morgan fingerprint density at radius 1 is 0.893 bits per heavy atom. The highest BCUT2D eigenvalue weighted by Gasteiger charge is 2.48. The molecule has 0 saturated heterocycles. The van der Waals surface area contributed by atoms with Gasteiger partial charge in [0.15, 0.2) is 0 Å². The molecule has 0 spiro atoms. The number of hydrogen-bond donors (Lipinski definition) is 0. The first-order valence-electron chi connectivity index (χ1n) is 9.42. The van der Waals surface area contributed by atoms with E-state index in [1.54, 1.807) is 37.4 Å². The number of para-hydroxylation sites is 1. The third kappa shape index (κ3) is 2.76. The van der Waals surface area contributed by atoms with Crippen molar-refractivity contribution < 1.29 is 24.0 Å². The fourth-order valence-electron chi connectivity index (χ4n) is 4.20. The van der Waals surface area contributed by atoms with Crippen LogP contribution >= 0.6 is 0 Å². The van der Waals surface area contributed by atoms with E-state index in [1.165, 1.54) is 0 Å². The Morgan fingerprint density at radius 3 is 2.07 bits per heavy atom. The molecule has 4 rings (SSSR count). The van der Waals surface area contributed by atoms with Gasteiger partial charge in [0.2, 0.25) is 0 Å². The number of fused-ring (bicyclic) bond motifs is 1. The van der Waals surface area contributed by atoms with Gasteiger partial charge in [-0.3, -0.25) is 9.59 Å². The molecule has 0 radical (unpaired) electrons. The van der Waals surface area contributed by atoms with E-state index in [4.69, 9.17) is 9.57 Å². The minimum absolute atomic E-state index is 0.246. The number of carbonyl (C=O) groups is 3. The molecule has 2 aromatic carbocycles. The predicted molar refractivity (Wildman–Crippen MR) is 101 cm³/mol. The summed E-state index contributed by atoms with van der Waals surface area (Å²) in [4.78, 5) is 44.0. The average molecular weight is 379 g/mol. The highest BCUT2D eigenvalue weighted by atomic mass is 16.7. The maximum Gasteiger partial charge on any atom is 0.343 e. The van der Waals surface area contributed by atoms with Crippen LogP contribution in [0.4, 0.5) is 0 Å². The summed E-state index contributed by atoms with van der Waals surface area (Å²) >= 11 is 0. The van der Waals surface area contributed by atoms with Crippen molar-refractivity contribution in [1.82, 2.24) is 5.06 Å². The fourth-order valence-corrected chi connectivity index (χ4v) is 4.20. The highest BCUT2D eigenvalue weighted by molar-refractivity contribution is 6.21. The van der Waals surface area contributed by atoms with E-state index in [2.05, 4.69) is 0 Å². The summed E-state index contributed by atoms with van der Waals surface area (Å²) in [6.45, 7) is 0. The van der Waals surface area contributed by atoms with Gasteiger partial charge in [0.25, 0.3) is 11.8 Å². The Kier molecular flexibility index (Phi) is 4.63. The minimum atomic E-state index is -0.944. The van der Waals surface area contributed by atoms with Crippen LogP contribution in [0.2, 0.25) is 0 Å². The largest absolute Gasteiger partial charge is 0.496 e. The quantitative estimate of drug-likeness (QED) is 0.758. The summed E-state index contributed by atoms with van der Waals surface area (Å²) in [5, 5.41) is 0.596. The Labute approximate surface area is 163 Å². The predicted octanol–water partition coefficient (Wildman–Crippen LogP) is 3.65. The van der Waals surface area contributed by atoms with E-state index in [1.807, 2.05) is 18.2 Å². The first-order valence-corrected chi connectivity index (χ1v) is 9.42. The Balaban J connectivity index is 1.68. The number of nitrogens with zero attached hydrogens (tertiary/aromatic N) is 1. The Bertz CT molecular complexity index is 910. The number of imide groups is 1. The van der Waals surface area contributed by atoms with Crippen LogP contribution in [-0.2, 0) is 15.0 Å². The second kappa shape index (κ2) is 7.11. The number of hydroxylamine groups is 2. The van der Waals surface area contributed by atoms with Crippen LogP contribution in [-0.4, -0.2) is 30.0 Å². The summed E-state index contributed by atoms with van der Waals surface area (Å²) in [6.07, 6.45) is 3.90. The van der Waals surface area contributed by atoms with Crippen LogP contribution in [0, 0.1) is 0 Å². The van der Waals surface area contributed by atoms with E-state index in [9.17, 15) is 14.4 Å². The number of amides is 2. The molecular formula is C22H21NO5. The molecule has 2 aliphatic rings. The van der Waals surface area contributed by atoms with E-state index in [0.29, 0.717) is 23.7 Å². The van der Waals surface area contributed by atoms with Crippen molar-refractivity contribution in [2.45, 2.75) is 37.5 Å². The molecular weight excluding hydrogens is 358 g/mol. The molecule has 0 N–H and O–H groups in total. The van der Waals surface area contributed by atoms with Gasteiger partial charge in [-0.15, -0.1) is 0 Å². The van der Waals surface area contributed by atoms with Crippen LogP contribution in [0.15, 0.2) is 48.5 Å². The van der Waals surface area contributed by atoms with E-state index >= 15 is 0 Å². The van der Waals surface area contributed by atoms with Gasteiger partial charge in [-0.25, -0.2) is 4.79 Å². The minimum Gasteiger partial charge on any atom is -0.496 e. The summed E-state index contributed by atoms with van der Waals surface area (Å²) in [7, 11) is 1.56. The summed E-state index contributed by atoms with van der Waals surface area (Å²) in [6, 6.07) is 13.8. The molecule has 28 heavy (non-hydrogen) atoms. The van der Waals surface area contributed by atoms with Gasteiger partial charge in [0, 0.05) is 5.56 Å². The van der Waals surface area contributed by atoms with Crippen molar-refractivity contribution in [3.8, 4) is 5.75 Å². The number of hydrogen-bond acceptors (Lipinski definition) is 5. The van der Waals surface area contributed by atoms with E-state index in [-0.39, 0.29) is 11.1 Å². The molecule has 1 aliphatic carbocycles. The third-order valence-corrected chi connectivity index (χ3v) is 5.65. The molecule has 1 aliphatic heterocycles. The van der Waals surface area contributed by atoms with Gasteiger partial charge >= 0.3 is 5.97 Å². The highest BCUT2D eigenvalue weighted by Crippen LogP contribution is 2.44. The number of methoxy groups -OCH3 is 1. The molecule has 6 nitrogen and oxygen atoms in total. The maximum absolute atomic E-state index is 13.4. The van der Waals surface area contributed by atoms with Crippen LogP contribution in [0.5, 0.6) is 5.75 Å². The molecule has 144 valence electrons. The SMILES string of the molecule is COc1ccccc1C1(C(=O)ON2C(=O)c3ccccc3C2=O)CCCCC1. The second-order valence-corrected chi connectivity index (χ2v) is 7.17. The molecule has 0 unspecified atom stereocenters. The molecule has 1 fully saturated rings. The van der Waals surface area contributed by atoms with Crippen LogP contribution in [0.25, 0.3) is 0 Å². The average Bonchev–Trinajstić information content (AvgIpc) is 2.99. The smallest absolute Gasteiger partial charge is 0.343 e. The molecule has 1 heterocycles. The summed E-state index contributed by atoms with van der Waals surface area (Å²) in [5.74, 6) is -1.21. The second-order valence-electron chi connectivity index (χ2n) is 7.17. The standard InChI is InChI=1S/C22H21NO5/c1-27-18-12-6-5-11-17(18)22(13-7-2-8-14-22)21(26)28-23-19(24)15-9-3-4-10-16(15)20(23)25/h3-6,9-12H,2,7-8,13-14H2,1H3. The van der Waals surface area contributed by atoms with Gasteiger partial charge in [-0.2, -0.15) is 0 Å². The van der Waals surface area contributed by atoms with Crippen molar-refractivity contribution in [3.63, 3.8) is 0 Å². The van der Waals surface area contributed by atoms with Crippen LogP contribution in [0.3, 0.4) is 0 Å². The van der Waals surface area contributed by atoms with Gasteiger partial charge in [-0.1, -0.05) is 54.7 Å². The molecule has 2 amide bonds. The monoisotopic (exact) mass is 379 g/mol. The number of carbonyl (C=O) groups excluding carboxylic acids is 3. The number of benzene rings is 2. The van der Waals surface area contributed by atoms with Crippen molar-refractivity contribution in [3.05, 3.63) is 65.2 Å². The zero-order chi connectivity index (χ0) is 19.7. The molecule has 1 saturated carbocycles. The Morgan fingerprint density at radius 2 is 1.46 bits per heavy atom. The summed E-state index contributed by atoms with van der Waals surface area (Å²) in [5.41, 5.74) is 0.282.